The van der Waals surface area contributed by atoms with Crippen LogP contribution in [0.3, 0.4) is 0 Å². The normalized spacial score (nSPS) is 20.1. The van der Waals surface area contributed by atoms with Crippen molar-refractivity contribution in [3.63, 3.8) is 0 Å². The van der Waals surface area contributed by atoms with Gasteiger partial charge in [0.25, 0.3) is 5.91 Å². The van der Waals surface area contributed by atoms with Crippen molar-refractivity contribution in [1.82, 2.24) is 15.5 Å². The molecule has 1 aromatic carbocycles. The van der Waals surface area contributed by atoms with Crippen molar-refractivity contribution >= 4 is 23.6 Å². The summed E-state index contributed by atoms with van der Waals surface area (Å²) < 4.78 is 5.15. The predicted octanol–water partition coefficient (Wildman–Crippen LogP) is 1.64. The Hall–Kier alpha value is -1.83. The fourth-order valence-corrected chi connectivity index (χ4v) is 2.79. The van der Waals surface area contributed by atoms with Crippen LogP contribution in [0.15, 0.2) is 24.3 Å². The van der Waals surface area contributed by atoms with Gasteiger partial charge in [-0.25, -0.2) is 4.79 Å². The quantitative estimate of drug-likeness (QED) is 0.672. The minimum Gasteiger partial charge on any atom is -0.444 e. The van der Waals surface area contributed by atoms with Gasteiger partial charge in [-0.05, 0) is 45.0 Å². The lowest BCUT2D eigenvalue weighted by Crippen LogP contribution is -2.44. The van der Waals surface area contributed by atoms with Gasteiger partial charge in [0.1, 0.15) is 5.60 Å². The molecule has 0 aliphatic carbocycles. The van der Waals surface area contributed by atoms with Crippen LogP contribution in [-0.4, -0.2) is 65.9 Å². The van der Waals surface area contributed by atoms with E-state index in [1.165, 1.54) is 0 Å². The molecule has 2 atom stereocenters. The van der Waals surface area contributed by atoms with E-state index >= 15 is 0 Å². The van der Waals surface area contributed by atoms with Crippen LogP contribution in [0.5, 0.6) is 0 Å². The average molecular weight is 384 g/mol. The second-order valence-corrected chi connectivity index (χ2v) is 7.71. The summed E-state index contributed by atoms with van der Waals surface area (Å²) in [4.78, 5) is 25.6. The number of likely N-dealkylation sites (tertiary alicyclic amines) is 1. The molecule has 0 saturated carbocycles. The van der Waals surface area contributed by atoms with E-state index in [1.807, 2.05) is 0 Å². The van der Waals surface area contributed by atoms with Gasteiger partial charge in [0, 0.05) is 36.8 Å². The minimum atomic E-state index is -0.659. The highest BCUT2D eigenvalue weighted by atomic mass is 35.5. The summed E-state index contributed by atoms with van der Waals surface area (Å²) >= 11 is 5.84. The Kier molecular flexibility index (Phi) is 6.86. The van der Waals surface area contributed by atoms with Crippen molar-refractivity contribution < 1.29 is 19.4 Å². The van der Waals surface area contributed by atoms with E-state index in [4.69, 9.17) is 16.3 Å². The molecule has 144 valence electrons. The molecule has 1 fully saturated rings. The van der Waals surface area contributed by atoms with Crippen LogP contribution >= 0.6 is 11.6 Å². The first-order valence-corrected chi connectivity index (χ1v) is 8.96. The Bertz CT molecular complexity index is 630. The number of hydrogen-bond acceptors (Lipinski definition) is 5. The molecular weight excluding hydrogens is 358 g/mol. The lowest BCUT2D eigenvalue weighted by Gasteiger charge is -2.20. The van der Waals surface area contributed by atoms with Crippen LogP contribution in [0.4, 0.5) is 4.79 Å². The predicted molar refractivity (Wildman–Crippen MR) is 99.4 cm³/mol. The van der Waals surface area contributed by atoms with Crippen LogP contribution < -0.4 is 10.6 Å². The molecule has 2 amide bonds. The molecule has 0 radical (unpaired) electrons. The van der Waals surface area contributed by atoms with Crippen LogP contribution in [0.1, 0.15) is 31.1 Å². The Morgan fingerprint density at radius 2 is 1.88 bits per heavy atom. The monoisotopic (exact) mass is 383 g/mol. The van der Waals surface area contributed by atoms with Crippen molar-refractivity contribution in [3.8, 4) is 0 Å². The third kappa shape index (κ3) is 6.16. The number of hydrogen-bond donors (Lipinski definition) is 3. The number of aliphatic hydroxyl groups is 1. The highest BCUT2D eigenvalue weighted by Crippen LogP contribution is 2.16. The SMILES string of the molecule is CC(C)(C)OC(=O)NCCN[C@@H]1CN(C(=O)c2ccc(Cl)cc2)C[C@H]1O. The fourth-order valence-electron chi connectivity index (χ4n) is 2.66. The van der Waals surface area contributed by atoms with Crippen LogP contribution in [0.2, 0.25) is 5.02 Å². The molecule has 0 aromatic heterocycles. The smallest absolute Gasteiger partial charge is 0.407 e. The van der Waals surface area contributed by atoms with Crippen molar-refractivity contribution in [2.45, 2.75) is 38.5 Å². The number of amides is 2. The number of ether oxygens (including phenoxy) is 1. The number of aliphatic hydroxyl groups excluding tert-OH is 1. The van der Waals surface area contributed by atoms with Crippen molar-refractivity contribution in [2.75, 3.05) is 26.2 Å². The number of benzene rings is 1. The topological polar surface area (TPSA) is 90.9 Å². The van der Waals surface area contributed by atoms with Gasteiger partial charge in [-0.2, -0.15) is 0 Å². The molecule has 3 N–H and O–H groups in total. The first-order valence-electron chi connectivity index (χ1n) is 8.59. The summed E-state index contributed by atoms with van der Waals surface area (Å²) in [6.07, 6.45) is -1.14. The number of carbonyl (C=O) groups excluding carboxylic acids is 2. The number of nitrogens with one attached hydrogen (secondary N) is 2. The summed E-state index contributed by atoms with van der Waals surface area (Å²) in [7, 11) is 0. The van der Waals surface area contributed by atoms with Gasteiger partial charge in [0.15, 0.2) is 0 Å². The Balaban J connectivity index is 1.75. The van der Waals surface area contributed by atoms with Gasteiger partial charge in [-0.1, -0.05) is 11.6 Å². The van der Waals surface area contributed by atoms with Crippen molar-refractivity contribution in [1.29, 1.82) is 0 Å². The zero-order valence-electron chi connectivity index (χ0n) is 15.3. The number of alkyl carbamates (subject to hydrolysis) is 1. The standard InChI is InChI=1S/C18H26ClN3O4/c1-18(2,3)26-17(25)21-9-8-20-14-10-22(11-15(14)23)16(24)12-4-6-13(19)7-5-12/h4-7,14-15,20,23H,8-11H2,1-3H3,(H,21,25)/t14-,15-/m1/s1. The molecule has 2 rings (SSSR count). The van der Waals surface area contributed by atoms with Gasteiger partial charge in [0.2, 0.25) is 0 Å². The third-order valence-corrected chi connectivity index (χ3v) is 4.12. The van der Waals surface area contributed by atoms with E-state index in [0.717, 1.165) is 0 Å². The van der Waals surface area contributed by atoms with Gasteiger partial charge < -0.3 is 25.4 Å². The zero-order valence-corrected chi connectivity index (χ0v) is 16.0. The fraction of sp³-hybridized carbons (Fsp3) is 0.556. The summed E-state index contributed by atoms with van der Waals surface area (Å²) in [5.41, 5.74) is -0.00403. The minimum absolute atomic E-state index is 0.142. The van der Waals surface area contributed by atoms with Crippen LogP contribution in [-0.2, 0) is 4.74 Å². The molecule has 1 aromatic rings. The van der Waals surface area contributed by atoms with E-state index in [-0.39, 0.29) is 18.5 Å². The number of nitrogens with zero attached hydrogens (tertiary/aromatic N) is 1. The van der Waals surface area contributed by atoms with E-state index in [9.17, 15) is 14.7 Å². The first kappa shape index (κ1) is 20.5. The number of carbonyl (C=O) groups is 2. The molecule has 0 spiro atoms. The molecule has 7 nitrogen and oxygen atoms in total. The Morgan fingerprint density at radius 3 is 2.50 bits per heavy atom. The van der Waals surface area contributed by atoms with Crippen molar-refractivity contribution in [3.05, 3.63) is 34.9 Å². The number of halogens is 1. The first-order chi connectivity index (χ1) is 12.2. The van der Waals surface area contributed by atoms with Gasteiger partial charge in [-0.3, -0.25) is 4.79 Å². The largest absolute Gasteiger partial charge is 0.444 e. The highest BCUT2D eigenvalue weighted by Gasteiger charge is 2.33. The molecule has 1 aliphatic heterocycles. The maximum atomic E-state index is 12.5. The molecule has 1 heterocycles. The summed E-state index contributed by atoms with van der Waals surface area (Å²) in [5, 5.41) is 16.5. The highest BCUT2D eigenvalue weighted by molar-refractivity contribution is 6.30. The molecule has 1 saturated heterocycles. The van der Waals surface area contributed by atoms with E-state index in [0.29, 0.717) is 30.2 Å². The molecule has 1 aliphatic rings. The maximum absolute atomic E-state index is 12.5. The van der Waals surface area contributed by atoms with Gasteiger partial charge in [-0.15, -0.1) is 0 Å². The van der Waals surface area contributed by atoms with Crippen molar-refractivity contribution in [2.24, 2.45) is 0 Å². The third-order valence-electron chi connectivity index (χ3n) is 3.87. The average Bonchev–Trinajstić information content (AvgIpc) is 2.91. The summed E-state index contributed by atoms with van der Waals surface area (Å²) in [5.74, 6) is -0.142. The number of β-amino-alcohol motifs (C(OH)–C–C–N with tert-alkyl or cyclic N) is 1. The lowest BCUT2D eigenvalue weighted by molar-refractivity contribution is 0.0527. The lowest BCUT2D eigenvalue weighted by atomic mass is 10.2. The van der Waals surface area contributed by atoms with Gasteiger partial charge >= 0.3 is 6.09 Å². The van der Waals surface area contributed by atoms with E-state index < -0.39 is 17.8 Å². The molecule has 0 bridgehead atoms. The second kappa shape index (κ2) is 8.70. The van der Waals surface area contributed by atoms with E-state index in [2.05, 4.69) is 10.6 Å². The van der Waals surface area contributed by atoms with Crippen LogP contribution in [0, 0.1) is 0 Å². The Labute approximate surface area is 158 Å². The molecule has 0 unspecified atom stereocenters. The van der Waals surface area contributed by atoms with Gasteiger partial charge in [0.05, 0.1) is 12.1 Å². The molecule has 8 heteroatoms. The Morgan fingerprint density at radius 1 is 1.23 bits per heavy atom. The summed E-state index contributed by atoms with van der Waals surface area (Å²) in [6, 6.07) is 6.43. The maximum Gasteiger partial charge on any atom is 0.407 e. The molecule has 26 heavy (non-hydrogen) atoms. The van der Waals surface area contributed by atoms with Crippen LogP contribution in [0.25, 0.3) is 0 Å². The molecular formula is C18H26ClN3O4. The van der Waals surface area contributed by atoms with E-state index in [1.54, 1.807) is 49.9 Å². The number of rotatable bonds is 5. The zero-order chi connectivity index (χ0) is 19.3. The second-order valence-electron chi connectivity index (χ2n) is 7.27. The summed E-state index contributed by atoms with van der Waals surface area (Å²) in [6.45, 7) is 6.88.